The van der Waals surface area contributed by atoms with Gasteiger partial charge in [0.25, 0.3) is 0 Å². The Hall–Kier alpha value is -5.05. The van der Waals surface area contributed by atoms with Crippen molar-refractivity contribution < 1.29 is 24.6 Å². The van der Waals surface area contributed by atoms with Gasteiger partial charge in [0.2, 0.25) is 11.8 Å². The second-order valence-corrected chi connectivity index (χ2v) is 10.2. The maximum Gasteiger partial charge on any atom is 0.319 e. The fraction of sp³-hybridized carbons (Fsp3) is 0.219. The van der Waals surface area contributed by atoms with Gasteiger partial charge in [-0.2, -0.15) is 0 Å². The topological polar surface area (TPSA) is 144 Å². The number of carbonyl (C=O) groups excluding carboxylic acids is 3. The van der Waals surface area contributed by atoms with Crippen LogP contribution in [0, 0.1) is 12.8 Å². The van der Waals surface area contributed by atoms with Crippen molar-refractivity contribution in [1.29, 1.82) is 0 Å². The molecule has 2 atom stereocenters. The molecule has 6 N–H and O–H groups in total. The average Bonchev–Trinajstić information content (AvgIpc) is 3.22. The number of amides is 3. The van der Waals surface area contributed by atoms with E-state index in [2.05, 4.69) is 20.9 Å². The van der Waals surface area contributed by atoms with Crippen LogP contribution >= 0.6 is 0 Å². The van der Waals surface area contributed by atoms with Crippen molar-refractivity contribution in [3.05, 3.63) is 102 Å². The highest BCUT2D eigenvalue weighted by Crippen LogP contribution is 2.30. The van der Waals surface area contributed by atoms with Crippen LogP contribution in [0.25, 0.3) is 11.1 Å². The number of H-pyrrole nitrogens is 1. The lowest BCUT2D eigenvalue weighted by atomic mass is 9.93. The number of carbonyl (C=O) groups is 3. The second-order valence-electron chi connectivity index (χ2n) is 10.2. The van der Waals surface area contributed by atoms with Crippen molar-refractivity contribution in [2.45, 2.75) is 39.3 Å². The monoisotopic (exact) mass is 554 g/mol. The van der Waals surface area contributed by atoms with Gasteiger partial charge in [0.15, 0.2) is 11.7 Å². The number of ketones is 1. The summed E-state index contributed by atoms with van der Waals surface area (Å²) in [5.74, 6) is -2.07. The Morgan fingerprint density at radius 2 is 1.37 bits per heavy atom. The number of Topliss-reactive ketones (excluding diaryl/α,β-unsaturated/α-hetero) is 1. The zero-order valence-corrected chi connectivity index (χ0v) is 23.1. The molecule has 212 valence electrons. The van der Waals surface area contributed by atoms with E-state index in [9.17, 15) is 24.6 Å². The molecule has 0 saturated heterocycles. The van der Waals surface area contributed by atoms with Gasteiger partial charge in [-0.15, -0.1) is 0 Å². The number of hydrogen-bond donors (Lipinski definition) is 6. The molecule has 0 aliphatic heterocycles. The number of aromatic hydroxyl groups is 2. The van der Waals surface area contributed by atoms with Crippen LogP contribution in [0.2, 0.25) is 0 Å². The SMILES string of the molecule is Cc1c(O)[nH]c(O)c1C(=O)[C@@H](NC(=O)C[C@H](NC(=O)Nc1ccc(-c2ccccc2)cc1)c1ccccc1)C(C)C. The summed E-state index contributed by atoms with van der Waals surface area (Å²) in [7, 11) is 0. The smallest absolute Gasteiger partial charge is 0.319 e. The predicted molar refractivity (Wildman–Crippen MR) is 158 cm³/mol. The molecule has 1 aromatic heterocycles. The van der Waals surface area contributed by atoms with Gasteiger partial charge in [0.05, 0.1) is 24.1 Å². The minimum atomic E-state index is -0.962. The van der Waals surface area contributed by atoms with Crippen LogP contribution in [0.5, 0.6) is 11.8 Å². The van der Waals surface area contributed by atoms with E-state index >= 15 is 0 Å². The van der Waals surface area contributed by atoms with Gasteiger partial charge in [-0.1, -0.05) is 86.6 Å². The Kier molecular flexibility index (Phi) is 9.08. The van der Waals surface area contributed by atoms with Crippen LogP contribution in [0.3, 0.4) is 0 Å². The second kappa shape index (κ2) is 12.9. The Bertz CT molecular complexity index is 1500. The van der Waals surface area contributed by atoms with E-state index in [1.807, 2.05) is 72.8 Å². The minimum Gasteiger partial charge on any atom is -0.494 e. The van der Waals surface area contributed by atoms with Crippen LogP contribution in [-0.4, -0.2) is 39.0 Å². The summed E-state index contributed by atoms with van der Waals surface area (Å²) in [6.45, 7) is 5.04. The molecule has 3 amide bonds. The van der Waals surface area contributed by atoms with Crippen molar-refractivity contribution >= 4 is 23.4 Å². The van der Waals surface area contributed by atoms with E-state index in [0.717, 1.165) is 11.1 Å². The number of aromatic nitrogens is 1. The number of rotatable bonds is 10. The number of anilines is 1. The van der Waals surface area contributed by atoms with E-state index in [-0.39, 0.29) is 29.3 Å². The zero-order valence-electron chi connectivity index (χ0n) is 23.1. The molecule has 0 saturated carbocycles. The average molecular weight is 555 g/mol. The van der Waals surface area contributed by atoms with E-state index < -0.39 is 35.7 Å². The predicted octanol–water partition coefficient (Wildman–Crippen LogP) is 5.68. The van der Waals surface area contributed by atoms with Crippen molar-refractivity contribution in [1.82, 2.24) is 15.6 Å². The van der Waals surface area contributed by atoms with Crippen LogP contribution in [0.15, 0.2) is 84.9 Å². The number of urea groups is 1. The molecule has 9 heteroatoms. The normalized spacial score (nSPS) is 12.4. The molecule has 0 aliphatic carbocycles. The summed E-state index contributed by atoms with van der Waals surface area (Å²) < 4.78 is 0. The highest BCUT2D eigenvalue weighted by Gasteiger charge is 2.31. The molecular formula is C32H34N4O5. The van der Waals surface area contributed by atoms with E-state index in [1.165, 1.54) is 6.92 Å². The van der Waals surface area contributed by atoms with Gasteiger partial charge < -0.3 is 26.2 Å². The van der Waals surface area contributed by atoms with Crippen LogP contribution < -0.4 is 16.0 Å². The number of nitrogens with one attached hydrogen (secondary N) is 4. The summed E-state index contributed by atoms with van der Waals surface area (Å²) in [6, 6.07) is 24.3. The van der Waals surface area contributed by atoms with Gasteiger partial charge >= 0.3 is 6.03 Å². The summed E-state index contributed by atoms with van der Waals surface area (Å²) in [4.78, 5) is 41.8. The van der Waals surface area contributed by atoms with Crippen molar-refractivity contribution in [2.24, 2.45) is 5.92 Å². The molecule has 4 aromatic rings. The molecule has 0 radical (unpaired) electrons. The van der Waals surface area contributed by atoms with E-state index in [4.69, 9.17) is 0 Å². The highest BCUT2D eigenvalue weighted by molar-refractivity contribution is 6.05. The summed E-state index contributed by atoms with van der Waals surface area (Å²) >= 11 is 0. The number of benzene rings is 3. The summed E-state index contributed by atoms with van der Waals surface area (Å²) in [6.07, 6.45) is -0.135. The first-order valence-electron chi connectivity index (χ1n) is 13.4. The first-order chi connectivity index (χ1) is 19.6. The molecule has 1 heterocycles. The summed E-state index contributed by atoms with van der Waals surface area (Å²) in [5, 5.41) is 28.4. The van der Waals surface area contributed by atoms with Gasteiger partial charge in [0, 0.05) is 11.3 Å². The Morgan fingerprint density at radius 3 is 1.93 bits per heavy atom. The van der Waals surface area contributed by atoms with Gasteiger partial charge in [-0.25, -0.2) is 4.79 Å². The van der Waals surface area contributed by atoms with E-state index in [1.54, 1.807) is 26.0 Å². The van der Waals surface area contributed by atoms with Gasteiger partial charge in [-0.05, 0) is 41.7 Å². The first-order valence-corrected chi connectivity index (χ1v) is 13.4. The van der Waals surface area contributed by atoms with Gasteiger partial charge in [-0.3, -0.25) is 14.6 Å². The Morgan fingerprint density at radius 1 is 0.780 bits per heavy atom. The highest BCUT2D eigenvalue weighted by atomic mass is 16.3. The molecule has 4 rings (SSSR count). The van der Waals surface area contributed by atoms with Crippen LogP contribution in [0.1, 0.15) is 47.8 Å². The number of aromatic amines is 1. The largest absolute Gasteiger partial charge is 0.494 e. The molecule has 0 fully saturated rings. The third kappa shape index (κ3) is 7.13. The lowest BCUT2D eigenvalue weighted by molar-refractivity contribution is -0.122. The lowest BCUT2D eigenvalue weighted by Gasteiger charge is -2.24. The lowest BCUT2D eigenvalue weighted by Crippen LogP contribution is -2.46. The first kappa shape index (κ1) is 28.9. The van der Waals surface area contributed by atoms with Crippen LogP contribution in [0.4, 0.5) is 10.5 Å². The molecular weight excluding hydrogens is 520 g/mol. The third-order valence-electron chi connectivity index (χ3n) is 6.86. The van der Waals surface area contributed by atoms with E-state index in [0.29, 0.717) is 11.3 Å². The fourth-order valence-electron chi connectivity index (χ4n) is 4.61. The molecule has 41 heavy (non-hydrogen) atoms. The molecule has 3 aromatic carbocycles. The fourth-order valence-corrected chi connectivity index (χ4v) is 4.61. The maximum absolute atomic E-state index is 13.2. The third-order valence-corrected chi connectivity index (χ3v) is 6.86. The standard InChI is InChI=1S/C32H34N4O5/c1-19(2)28(29(38)27-20(3)30(39)36-31(27)40)35-26(37)18-25(23-12-8-5-9-13-23)34-32(41)33-24-16-14-22(15-17-24)21-10-6-4-7-11-21/h4-17,19,25,28,36,39-40H,18H2,1-3H3,(H,35,37)(H2,33,34,41)/t25-,28-/m0/s1. The molecule has 0 bridgehead atoms. The Labute approximate surface area is 238 Å². The Balaban J connectivity index is 1.45. The molecule has 0 spiro atoms. The molecule has 9 nitrogen and oxygen atoms in total. The minimum absolute atomic E-state index is 0.0723. The quantitative estimate of drug-likeness (QED) is 0.140. The van der Waals surface area contributed by atoms with Crippen molar-refractivity contribution in [3.63, 3.8) is 0 Å². The maximum atomic E-state index is 13.2. The number of hydrogen-bond acceptors (Lipinski definition) is 5. The zero-order chi connectivity index (χ0) is 29.5. The molecule has 0 aliphatic rings. The van der Waals surface area contributed by atoms with Crippen LogP contribution in [-0.2, 0) is 4.79 Å². The van der Waals surface area contributed by atoms with Gasteiger partial charge in [0.1, 0.15) is 0 Å². The van der Waals surface area contributed by atoms with Crippen molar-refractivity contribution in [2.75, 3.05) is 5.32 Å². The van der Waals surface area contributed by atoms with Crippen molar-refractivity contribution in [3.8, 4) is 22.9 Å². The molecule has 0 unspecified atom stereocenters. The summed E-state index contributed by atoms with van der Waals surface area (Å²) in [5.41, 5.74) is 3.52.